The Hall–Kier alpha value is -2.00. The summed E-state index contributed by atoms with van der Waals surface area (Å²) in [7, 11) is 0. The number of benzene rings is 2. The molecule has 2 aromatic rings. The molecule has 0 aliphatic rings. The summed E-state index contributed by atoms with van der Waals surface area (Å²) in [6.45, 7) is 4.71. The summed E-state index contributed by atoms with van der Waals surface area (Å²) in [6, 6.07) is 15.7. The van der Waals surface area contributed by atoms with Crippen LogP contribution in [0.1, 0.15) is 37.8 Å². The summed E-state index contributed by atoms with van der Waals surface area (Å²) >= 11 is 5.88. The lowest BCUT2D eigenvalue weighted by Gasteiger charge is -2.17. The van der Waals surface area contributed by atoms with Gasteiger partial charge in [0.2, 0.25) is 0 Å². The van der Waals surface area contributed by atoms with Gasteiger partial charge in [-0.3, -0.25) is 4.79 Å². The first-order valence-electron chi connectivity index (χ1n) is 8.90. The van der Waals surface area contributed by atoms with E-state index in [1.807, 2.05) is 55.5 Å². The Kier molecular flexibility index (Phi) is 7.80. The number of ether oxygens (including phenoxy) is 1. The van der Waals surface area contributed by atoms with Crippen molar-refractivity contribution in [1.82, 2.24) is 5.32 Å². The molecule has 0 unspecified atom stereocenters. The van der Waals surface area contributed by atoms with Gasteiger partial charge in [-0.15, -0.1) is 0 Å². The van der Waals surface area contributed by atoms with Gasteiger partial charge in [0.1, 0.15) is 5.75 Å². The average molecular weight is 360 g/mol. The number of rotatable bonds is 9. The van der Waals surface area contributed by atoms with Crippen LogP contribution in [0.4, 0.5) is 0 Å². The largest absolute Gasteiger partial charge is 0.481 e. The molecule has 2 rings (SSSR count). The molecule has 0 saturated carbocycles. The predicted molar refractivity (Wildman–Crippen MR) is 103 cm³/mol. The van der Waals surface area contributed by atoms with Crippen LogP contribution in [0.25, 0.3) is 0 Å². The van der Waals surface area contributed by atoms with Crippen LogP contribution in [0, 0.1) is 0 Å². The third kappa shape index (κ3) is 6.43. The van der Waals surface area contributed by atoms with Gasteiger partial charge in [0.15, 0.2) is 6.10 Å². The topological polar surface area (TPSA) is 38.3 Å². The minimum Gasteiger partial charge on any atom is -0.481 e. The molecule has 0 aromatic heterocycles. The van der Waals surface area contributed by atoms with Gasteiger partial charge in [-0.1, -0.05) is 49.7 Å². The van der Waals surface area contributed by atoms with Crippen molar-refractivity contribution in [3.63, 3.8) is 0 Å². The third-order valence-electron chi connectivity index (χ3n) is 4.13. The van der Waals surface area contributed by atoms with Crippen molar-refractivity contribution in [2.45, 2.75) is 45.6 Å². The fourth-order valence-corrected chi connectivity index (χ4v) is 2.69. The number of carbonyl (C=O) groups is 1. The molecule has 3 nitrogen and oxygen atoms in total. The van der Waals surface area contributed by atoms with Crippen LogP contribution in [0.2, 0.25) is 5.02 Å². The van der Waals surface area contributed by atoms with Crippen LogP contribution < -0.4 is 10.1 Å². The number of halogens is 1. The predicted octanol–water partition coefficient (Wildman–Crippen LogP) is 4.81. The highest BCUT2D eigenvalue weighted by molar-refractivity contribution is 6.30. The summed E-state index contributed by atoms with van der Waals surface area (Å²) in [5.41, 5.74) is 2.48. The van der Waals surface area contributed by atoms with Crippen LogP contribution in [0.15, 0.2) is 48.5 Å². The summed E-state index contributed by atoms with van der Waals surface area (Å²) in [6.07, 6.45) is 2.97. The first-order chi connectivity index (χ1) is 12.1. The van der Waals surface area contributed by atoms with E-state index < -0.39 is 6.10 Å². The summed E-state index contributed by atoms with van der Waals surface area (Å²) < 4.78 is 5.83. The summed E-state index contributed by atoms with van der Waals surface area (Å²) in [5, 5.41) is 3.71. The molecule has 0 spiro atoms. The molecule has 134 valence electrons. The lowest BCUT2D eigenvalue weighted by Crippen LogP contribution is -2.38. The Morgan fingerprint density at radius 3 is 2.28 bits per heavy atom. The quantitative estimate of drug-likeness (QED) is 0.652. The molecule has 4 heteroatoms. The van der Waals surface area contributed by atoms with E-state index in [0.717, 1.165) is 30.0 Å². The monoisotopic (exact) mass is 359 g/mol. The maximum atomic E-state index is 12.3. The maximum absolute atomic E-state index is 12.3. The van der Waals surface area contributed by atoms with E-state index in [1.54, 1.807) is 0 Å². The molecule has 0 radical (unpaired) electrons. The Morgan fingerprint density at radius 2 is 1.68 bits per heavy atom. The zero-order chi connectivity index (χ0) is 18.1. The van der Waals surface area contributed by atoms with Crippen molar-refractivity contribution in [3.05, 3.63) is 64.7 Å². The van der Waals surface area contributed by atoms with Gasteiger partial charge >= 0.3 is 0 Å². The van der Waals surface area contributed by atoms with Crippen LogP contribution in [-0.4, -0.2) is 18.6 Å². The molecule has 1 N–H and O–H groups in total. The molecule has 0 saturated heterocycles. The van der Waals surface area contributed by atoms with Crippen LogP contribution in [0.3, 0.4) is 0 Å². The number of hydrogen-bond donors (Lipinski definition) is 1. The van der Waals surface area contributed by atoms with Gasteiger partial charge in [0.05, 0.1) is 0 Å². The van der Waals surface area contributed by atoms with Gasteiger partial charge < -0.3 is 10.1 Å². The fourth-order valence-electron chi connectivity index (χ4n) is 2.56. The molecule has 2 aromatic carbocycles. The van der Waals surface area contributed by atoms with Crippen molar-refractivity contribution < 1.29 is 9.53 Å². The third-order valence-corrected chi connectivity index (χ3v) is 4.38. The number of nitrogens with one attached hydrogen (secondary N) is 1. The van der Waals surface area contributed by atoms with E-state index in [1.165, 1.54) is 11.1 Å². The molecule has 25 heavy (non-hydrogen) atoms. The van der Waals surface area contributed by atoms with Crippen LogP contribution in [-0.2, 0) is 17.6 Å². The first kappa shape index (κ1) is 19.3. The molecule has 0 fully saturated rings. The summed E-state index contributed by atoms with van der Waals surface area (Å²) in [5.74, 6) is 0.679. The molecule has 0 heterocycles. The number of amides is 1. The Morgan fingerprint density at radius 1 is 1.04 bits per heavy atom. The zero-order valence-corrected chi connectivity index (χ0v) is 15.7. The van der Waals surface area contributed by atoms with Crippen molar-refractivity contribution in [1.29, 1.82) is 0 Å². The van der Waals surface area contributed by atoms with Crippen molar-refractivity contribution in [3.8, 4) is 5.75 Å². The van der Waals surface area contributed by atoms with Gasteiger partial charge in [-0.05, 0) is 61.1 Å². The van der Waals surface area contributed by atoms with E-state index in [-0.39, 0.29) is 5.91 Å². The highest BCUT2D eigenvalue weighted by atomic mass is 35.5. The fraction of sp³-hybridized carbons (Fsp3) is 0.381. The lowest BCUT2D eigenvalue weighted by molar-refractivity contribution is -0.128. The Balaban J connectivity index is 1.75. The zero-order valence-electron chi connectivity index (χ0n) is 14.9. The smallest absolute Gasteiger partial charge is 0.261 e. The minimum absolute atomic E-state index is 0.0572. The molecular weight excluding hydrogens is 334 g/mol. The standard InChI is InChI=1S/C21H26ClNO2/c1-3-16-9-13-19(14-10-16)25-20(4-2)21(24)23-15-5-6-17-7-11-18(22)12-8-17/h7-14,20H,3-6,15H2,1-2H3,(H,23,24)/t20-/m1/s1. The van der Waals surface area contributed by atoms with E-state index in [4.69, 9.17) is 16.3 Å². The average Bonchev–Trinajstić information content (AvgIpc) is 2.65. The highest BCUT2D eigenvalue weighted by Crippen LogP contribution is 2.15. The SMILES string of the molecule is CCc1ccc(O[C@H](CC)C(=O)NCCCc2ccc(Cl)cc2)cc1. The maximum Gasteiger partial charge on any atom is 0.261 e. The number of aryl methyl sites for hydroxylation is 2. The van der Waals surface area contributed by atoms with Gasteiger partial charge in [-0.25, -0.2) is 0 Å². The van der Waals surface area contributed by atoms with Crippen LogP contribution in [0.5, 0.6) is 5.75 Å². The second-order valence-corrected chi connectivity index (χ2v) is 6.47. The minimum atomic E-state index is -0.456. The van der Waals surface area contributed by atoms with E-state index >= 15 is 0 Å². The normalized spacial score (nSPS) is 11.8. The Bertz CT molecular complexity index is 653. The lowest BCUT2D eigenvalue weighted by atomic mass is 10.1. The van der Waals surface area contributed by atoms with Crippen molar-refractivity contribution in [2.75, 3.05) is 6.54 Å². The van der Waals surface area contributed by atoms with Crippen molar-refractivity contribution >= 4 is 17.5 Å². The molecule has 1 atom stereocenters. The Labute approximate surface area is 155 Å². The molecule has 0 aliphatic carbocycles. The molecule has 0 bridgehead atoms. The second-order valence-electron chi connectivity index (χ2n) is 6.03. The highest BCUT2D eigenvalue weighted by Gasteiger charge is 2.17. The second kappa shape index (κ2) is 10.1. The number of carbonyl (C=O) groups excluding carboxylic acids is 1. The van der Waals surface area contributed by atoms with Crippen LogP contribution >= 0.6 is 11.6 Å². The van der Waals surface area contributed by atoms with E-state index in [9.17, 15) is 4.79 Å². The summed E-state index contributed by atoms with van der Waals surface area (Å²) in [4.78, 5) is 12.3. The molecule has 1 amide bonds. The first-order valence-corrected chi connectivity index (χ1v) is 9.28. The van der Waals surface area contributed by atoms with Gasteiger partial charge in [-0.2, -0.15) is 0 Å². The van der Waals surface area contributed by atoms with E-state index in [0.29, 0.717) is 13.0 Å². The van der Waals surface area contributed by atoms with Gasteiger partial charge in [0, 0.05) is 11.6 Å². The number of hydrogen-bond acceptors (Lipinski definition) is 2. The molecular formula is C21H26ClNO2. The van der Waals surface area contributed by atoms with Gasteiger partial charge in [0.25, 0.3) is 5.91 Å². The van der Waals surface area contributed by atoms with Crippen molar-refractivity contribution in [2.24, 2.45) is 0 Å². The van der Waals surface area contributed by atoms with E-state index in [2.05, 4.69) is 12.2 Å². The molecule has 0 aliphatic heterocycles.